The molecule has 134 valence electrons. The predicted molar refractivity (Wildman–Crippen MR) is 95.7 cm³/mol. The van der Waals surface area contributed by atoms with Gasteiger partial charge in [-0.1, -0.05) is 75.8 Å². The molecule has 0 aliphatic heterocycles. The SMILES string of the molecule is CCCCCCCCCC[N+](C)(C)COCc1ccccc1.[Cl-]. The molecule has 1 aromatic carbocycles. The highest BCUT2D eigenvalue weighted by Crippen LogP contribution is 2.11. The number of rotatable bonds is 13. The van der Waals surface area contributed by atoms with E-state index in [1.807, 2.05) is 6.07 Å². The molecule has 0 atom stereocenters. The van der Waals surface area contributed by atoms with Crippen LogP contribution in [0.5, 0.6) is 0 Å². The van der Waals surface area contributed by atoms with Crippen LogP contribution in [0.25, 0.3) is 0 Å². The van der Waals surface area contributed by atoms with Crippen LogP contribution in [0, 0.1) is 0 Å². The first-order chi connectivity index (χ1) is 10.6. The number of ether oxygens (including phenoxy) is 1. The molecule has 0 spiro atoms. The lowest BCUT2D eigenvalue weighted by molar-refractivity contribution is -0.910. The number of hydrogen-bond acceptors (Lipinski definition) is 1. The molecule has 2 nitrogen and oxygen atoms in total. The molecular formula is C20H36ClNO. The molecule has 0 amide bonds. The minimum absolute atomic E-state index is 0. The van der Waals surface area contributed by atoms with Crippen LogP contribution < -0.4 is 12.4 Å². The van der Waals surface area contributed by atoms with Crippen molar-refractivity contribution in [1.82, 2.24) is 0 Å². The van der Waals surface area contributed by atoms with Crippen LogP contribution in [0.1, 0.15) is 63.9 Å². The van der Waals surface area contributed by atoms with E-state index in [1.54, 1.807) is 0 Å². The number of halogens is 1. The van der Waals surface area contributed by atoms with Crippen molar-refractivity contribution in [3.05, 3.63) is 35.9 Å². The summed E-state index contributed by atoms with van der Waals surface area (Å²) in [7, 11) is 4.54. The fourth-order valence-electron chi connectivity index (χ4n) is 2.72. The highest BCUT2D eigenvalue weighted by molar-refractivity contribution is 5.13. The first kappa shape index (κ1) is 22.4. The zero-order chi connectivity index (χ0) is 16.1. The molecule has 0 unspecified atom stereocenters. The Balaban J connectivity index is 0.00000484. The van der Waals surface area contributed by atoms with Crippen molar-refractivity contribution < 1.29 is 21.6 Å². The molecule has 0 bridgehead atoms. The van der Waals surface area contributed by atoms with Crippen LogP contribution in [-0.4, -0.2) is 31.9 Å². The van der Waals surface area contributed by atoms with E-state index in [1.165, 1.54) is 63.5 Å². The van der Waals surface area contributed by atoms with Crippen molar-refractivity contribution >= 4 is 0 Å². The third-order valence-electron chi connectivity index (χ3n) is 4.17. The van der Waals surface area contributed by atoms with Crippen LogP contribution in [0.15, 0.2) is 30.3 Å². The molecule has 0 aromatic heterocycles. The van der Waals surface area contributed by atoms with Gasteiger partial charge < -0.3 is 21.6 Å². The van der Waals surface area contributed by atoms with Crippen molar-refractivity contribution in [3.8, 4) is 0 Å². The molecular weight excluding hydrogens is 306 g/mol. The van der Waals surface area contributed by atoms with Gasteiger partial charge in [-0.15, -0.1) is 0 Å². The molecule has 0 heterocycles. The Morgan fingerprint density at radius 2 is 1.39 bits per heavy atom. The van der Waals surface area contributed by atoms with E-state index in [2.05, 4.69) is 45.3 Å². The summed E-state index contributed by atoms with van der Waals surface area (Å²) in [5.74, 6) is 0. The maximum absolute atomic E-state index is 5.88. The number of benzene rings is 1. The third-order valence-corrected chi connectivity index (χ3v) is 4.17. The fourth-order valence-corrected chi connectivity index (χ4v) is 2.72. The summed E-state index contributed by atoms with van der Waals surface area (Å²) in [5.41, 5.74) is 1.26. The van der Waals surface area contributed by atoms with Gasteiger partial charge in [0, 0.05) is 0 Å². The van der Waals surface area contributed by atoms with Crippen LogP contribution in [0.2, 0.25) is 0 Å². The van der Waals surface area contributed by atoms with Crippen LogP contribution >= 0.6 is 0 Å². The van der Waals surface area contributed by atoms with Crippen molar-refractivity contribution in [3.63, 3.8) is 0 Å². The Hall–Kier alpha value is -0.570. The van der Waals surface area contributed by atoms with Gasteiger partial charge in [-0.05, 0) is 18.4 Å². The van der Waals surface area contributed by atoms with Crippen molar-refractivity contribution in [2.75, 3.05) is 27.4 Å². The summed E-state index contributed by atoms with van der Waals surface area (Å²) in [6, 6.07) is 10.4. The maximum Gasteiger partial charge on any atom is 0.183 e. The van der Waals surface area contributed by atoms with Crippen LogP contribution in [0.4, 0.5) is 0 Å². The monoisotopic (exact) mass is 341 g/mol. The largest absolute Gasteiger partial charge is 1.00 e. The second-order valence-corrected chi connectivity index (χ2v) is 7.10. The molecule has 1 rings (SSSR count). The zero-order valence-corrected chi connectivity index (χ0v) is 16.2. The minimum Gasteiger partial charge on any atom is -1.00 e. The lowest BCUT2D eigenvalue weighted by Gasteiger charge is -2.29. The van der Waals surface area contributed by atoms with E-state index < -0.39 is 0 Å². The number of nitrogens with zero attached hydrogens (tertiary/aromatic N) is 1. The standard InChI is InChI=1S/C20H36NO.ClH/c1-4-5-6-7-8-9-10-14-17-21(2,3)19-22-18-20-15-12-11-13-16-20;/h11-13,15-16H,4-10,14,17-19H2,1-3H3;1H/q+1;/p-1. The minimum atomic E-state index is 0. The molecule has 0 radical (unpaired) electrons. The average molecular weight is 342 g/mol. The van der Waals surface area contributed by atoms with E-state index in [0.717, 1.165) is 17.8 Å². The van der Waals surface area contributed by atoms with Gasteiger partial charge in [0.25, 0.3) is 0 Å². The van der Waals surface area contributed by atoms with Gasteiger partial charge in [0.05, 0.1) is 27.2 Å². The first-order valence-corrected chi connectivity index (χ1v) is 9.08. The molecule has 0 saturated carbocycles. The number of unbranched alkanes of at least 4 members (excludes halogenated alkanes) is 7. The van der Waals surface area contributed by atoms with Gasteiger partial charge in [0.2, 0.25) is 0 Å². The highest BCUT2D eigenvalue weighted by atomic mass is 35.5. The molecule has 1 aromatic rings. The van der Waals surface area contributed by atoms with Crippen molar-refractivity contribution in [1.29, 1.82) is 0 Å². The molecule has 23 heavy (non-hydrogen) atoms. The van der Waals surface area contributed by atoms with Gasteiger partial charge in [0.1, 0.15) is 0 Å². The van der Waals surface area contributed by atoms with Crippen LogP contribution in [0.3, 0.4) is 0 Å². The first-order valence-electron chi connectivity index (χ1n) is 9.08. The van der Waals surface area contributed by atoms with E-state index in [4.69, 9.17) is 4.74 Å². The number of hydrogen-bond donors (Lipinski definition) is 0. The normalized spacial score (nSPS) is 11.3. The summed E-state index contributed by atoms with van der Waals surface area (Å²) in [6.07, 6.45) is 11.1. The smallest absolute Gasteiger partial charge is 0.183 e. The Morgan fingerprint density at radius 3 is 2.00 bits per heavy atom. The van der Waals surface area contributed by atoms with E-state index in [0.29, 0.717) is 0 Å². The van der Waals surface area contributed by atoms with Crippen molar-refractivity contribution in [2.24, 2.45) is 0 Å². The summed E-state index contributed by atoms with van der Waals surface area (Å²) < 4.78 is 6.84. The summed E-state index contributed by atoms with van der Waals surface area (Å²) >= 11 is 0. The second kappa shape index (κ2) is 13.8. The van der Waals surface area contributed by atoms with E-state index in [9.17, 15) is 0 Å². The quantitative estimate of drug-likeness (QED) is 0.304. The molecule has 0 fully saturated rings. The molecule has 0 saturated heterocycles. The fraction of sp³-hybridized carbons (Fsp3) is 0.700. The Labute approximate surface area is 150 Å². The van der Waals surface area contributed by atoms with Gasteiger partial charge in [-0.2, -0.15) is 0 Å². The molecule has 0 aliphatic rings. The lowest BCUT2D eigenvalue weighted by Crippen LogP contribution is -3.00. The summed E-state index contributed by atoms with van der Waals surface area (Å²) in [4.78, 5) is 0. The maximum atomic E-state index is 5.88. The Kier molecular flexibility index (Phi) is 13.5. The summed E-state index contributed by atoms with van der Waals surface area (Å²) in [5, 5.41) is 0. The topological polar surface area (TPSA) is 9.23 Å². The molecule has 0 aliphatic carbocycles. The van der Waals surface area contributed by atoms with Gasteiger partial charge in [-0.25, -0.2) is 0 Å². The van der Waals surface area contributed by atoms with Gasteiger partial charge >= 0.3 is 0 Å². The van der Waals surface area contributed by atoms with E-state index in [-0.39, 0.29) is 12.4 Å². The Bertz CT molecular complexity index is 367. The molecule has 0 N–H and O–H groups in total. The number of quaternary nitrogens is 1. The van der Waals surface area contributed by atoms with Crippen LogP contribution in [-0.2, 0) is 11.3 Å². The molecule has 3 heteroatoms. The van der Waals surface area contributed by atoms with Gasteiger partial charge in [0.15, 0.2) is 6.73 Å². The van der Waals surface area contributed by atoms with Crippen molar-refractivity contribution in [2.45, 2.75) is 64.9 Å². The highest BCUT2D eigenvalue weighted by Gasteiger charge is 2.14. The average Bonchev–Trinajstić information content (AvgIpc) is 2.51. The van der Waals surface area contributed by atoms with Gasteiger partial charge in [-0.3, -0.25) is 0 Å². The second-order valence-electron chi connectivity index (χ2n) is 7.10. The lowest BCUT2D eigenvalue weighted by atomic mass is 10.1. The van der Waals surface area contributed by atoms with E-state index >= 15 is 0 Å². The third kappa shape index (κ3) is 12.5. The Morgan fingerprint density at radius 1 is 0.826 bits per heavy atom. The summed E-state index contributed by atoms with van der Waals surface area (Å²) in [6.45, 7) is 5.01. The zero-order valence-electron chi connectivity index (χ0n) is 15.4. The predicted octanol–water partition coefficient (Wildman–Crippen LogP) is 2.38.